The van der Waals surface area contributed by atoms with E-state index in [1.165, 1.54) is 18.5 Å². The lowest BCUT2D eigenvalue weighted by atomic mass is 10.2. The topological polar surface area (TPSA) is 30.7 Å². The summed E-state index contributed by atoms with van der Waals surface area (Å²) in [5.74, 6) is 2.40. The van der Waals surface area contributed by atoms with Gasteiger partial charge in [-0.2, -0.15) is 0 Å². The summed E-state index contributed by atoms with van der Waals surface area (Å²) in [4.78, 5) is 9.13. The molecular formula is C13H17N3S. The molecular weight excluding hydrogens is 230 g/mol. The Morgan fingerprint density at radius 3 is 2.88 bits per heavy atom. The maximum Gasteiger partial charge on any atom is 0.169 e. The van der Waals surface area contributed by atoms with Gasteiger partial charge in [-0.1, -0.05) is 13.8 Å². The first-order chi connectivity index (χ1) is 8.24. The van der Waals surface area contributed by atoms with Crippen molar-refractivity contribution in [1.82, 2.24) is 14.5 Å². The van der Waals surface area contributed by atoms with Crippen LogP contribution in [0.15, 0.2) is 17.8 Å². The molecule has 0 saturated heterocycles. The smallest absolute Gasteiger partial charge is 0.169 e. The molecule has 1 fully saturated rings. The van der Waals surface area contributed by atoms with Crippen molar-refractivity contribution in [2.45, 2.75) is 39.2 Å². The second-order valence-corrected chi connectivity index (χ2v) is 5.97. The van der Waals surface area contributed by atoms with Crippen molar-refractivity contribution in [3.8, 4) is 10.8 Å². The van der Waals surface area contributed by atoms with Crippen LogP contribution in [0.3, 0.4) is 0 Å². The zero-order valence-electron chi connectivity index (χ0n) is 10.3. The number of hydrogen-bond acceptors (Lipinski definition) is 3. The van der Waals surface area contributed by atoms with Gasteiger partial charge in [0.1, 0.15) is 0 Å². The number of rotatable bonds is 4. The zero-order chi connectivity index (χ0) is 11.8. The highest BCUT2D eigenvalue weighted by molar-refractivity contribution is 7.13. The minimum Gasteiger partial charge on any atom is -0.328 e. The Morgan fingerprint density at radius 1 is 1.47 bits per heavy atom. The summed E-state index contributed by atoms with van der Waals surface area (Å²) >= 11 is 1.67. The molecule has 0 radical (unpaired) electrons. The van der Waals surface area contributed by atoms with E-state index in [1.807, 2.05) is 11.6 Å². The third-order valence-electron chi connectivity index (χ3n) is 3.16. The highest BCUT2D eigenvalue weighted by Crippen LogP contribution is 2.33. The maximum atomic E-state index is 4.74. The molecule has 90 valence electrons. The van der Waals surface area contributed by atoms with Crippen LogP contribution in [0.4, 0.5) is 0 Å². The molecule has 0 aliphatic heterocycles. The lowest BCUT2D eigenvalue weighted by Crippen LogP contribution is -2.00. The van der Waals surface area contributed by atoms with Crippen molar-refractivity contribution >= 4 is 11.3 Å². The summed E-state index contributed by atoms with van der Waals surface area (Å²) < 4.78 is 2.30. The Balaban J connectivity index is 1.98. The van der Waals surface area contributed by atoms with Gasteiger partial charge in [0.05, 0.1) is 5.69 Å². The molecule has 3 nitrogen and oxygen atoms in total. The van der Waals surface area contributed by atoms with Crippen LogP contribution in [-0.2, 0) is 6.54 Å². The quantitative estimate of drug-likeness (QED) is 0.827. The summed E-state index contributed by atoms with van der Waals surface area (Å²) in [6, 6.07) is 0. The van der Waals surface area contributed by atoms with Crippen LogP contribution in [0.2, 0.25) is 0 Å². The predicted molar refractivity (Wildman–Crippen MR) is 70.1 cm³/mol. The van der Waals surface area contributed by atoms with Crippen LogP contribution < -0.4 is 0 Å². The van der Waals surface area contributed by atoms with Gasteiger partial charge >= 0.3 is 0 Å². The fraction of sp³-hybridized carbons (Fsp3) is 0.538. The van der Waals surface area contributed by atoms with Crippen molar-refractivity contribution in [2.75, 3.05) is 0 Å². The van der Waals surface area contributed by atoms with E-state index >= 15 is 0 Å². The van der Waals surface area contributed by atoms with Crippen LogP contribution in [0, 0.1) is 5.92 Å². The molecule has 2 aromatic rings. The Labute approximate surface area is 106 Å². The van der Waals surface area contributed by atoms with Crippen molar-refractivity contribution in [3.05, 3.63) is 23.5 Å². The fourth-order valence-electron chi connectivity index (χ4n) is 1.94. The summed E-state index contributed by atoms with van der Waals surface area (Å²) in [5.41, 5.74) is 1.18. The highest BCUT2D eigenvalue weighted by atomic mass is 32.1. The van der Waals surface area contributed by atoms with E-state index in [1.54, 1.807) is 11.3 Å². The van der Waals surface area contributed by atoms with Crippen LogP contribution in [0.25, 0.3) is 10.8 Å². The molecule has 1 saturated carbocycles. The largest absolute Gasteiger partial charge is 0.328 e. The summed E-state index contributed by atoms with van der Waals surface area (Å²) in [6.45, 7) is 5.49. The van der Waals surface area contributed by atoms with Crippen molar-refractivity contribution < 1.29 is 0 Å². The minimum atomic E-state index is 0.481. The lowest BCUT2D eigenvalue weighted by Gasteiger charge is -2.03. The van der Waals surface area contributed by atoms with Gasteiger partial charge in [-0.3, -0.25) is 0 Å². The predicted octanol–water partition coefficient (Wildman–Crippen LogP) is 3.54. The van der Waals surface area contributed by atoms with Crippen LogP contribution >= 0.6 is 11.3 Å². The first kappa shape index (κ1) is 11.0. The number of aromatic nitrogens is 3. The molecule has 0 unspecified atom stereocenters. The number of nitrogens with zero attached hydrogens (tertiary/aromatic N) is 3. The van der Waals surface area contributed by atoms with Crippen molar-refractivity contribution in [2.24, 2.45) is 5.92 Å². The van der Waals surface area contributed by atoms with E-state index < -0.39 is 0 Å². The van der Waals surface area contributed by atoms with E-state index in [-0.39, 0.29) is 0 Å². The van der Waals surface area contributed by atoms with Gasteiger partial charge in [0.25, 0.3) is 0 Å². The molecule has 0 spiro atoms. The molecule has 0 amide bonds. The molecule has 0 atom stereocenters. The Bertz CT molecular complexity index is 495. The van der Waals surface area contributed by atoms with Crippen LogP contribution in [0.5, 0.6) is 0 Å². The van der Waals surface area contributed by atoms with Crippen LogP contribution in [0.1, 0.15) is 38.3 Å². The van der Waals surface area contributed by atoms with Gasteiger partial charge in [0.15, 0.2) is 10.8 Å². The monoisotopic (exact) mass is 247 g/mol. The molecule has 3 rings (SSSR count). The molecule has 1 aliphatic rings. The Morgan fingerprint density at radius 2 is 2.29 bits per heavy atom. The molecule has 0 aromatic carbocycles. The molecule has 4 heteroatoms. The van der Waals surface area contributed by atoms with E-state index in [2.05, 4.69) is 29.6 Å². The SMILES string of the molecule is CC(C)c1cn(CC2CC2)c(-c2nccs2)n1. The molecule has 1 aliphatic carbocycles. The molecule has 2 heterocycles. The Hall–Kier alpha value is -1.16. The Kier molecular flexibility index (Phi) is 2.74. The summed E-state index contributed by atoms with van der Waals surface area (Å²) in [5, 5.41) is 3.05. The third-order valence-corrected chi connectivity index (χ3v) is 3.93. The van der Waals surface area contributed by atoms with Gasteiger partial charge in [0, 0.05) is 24.3 Å². The second-order valence-electron chi connectivity index (χ2n) is 5.08. The summed E-state index contributed by atoms with van der Waals surface area (Å²) in [7, 11) is 0. The minimum absolute atomic E-state index is 0.481. The van der Waals surface area contributed by atoms with E-state index in [0.29, 0.717) is 5.92 Å². The third kappa shape index (κ3) is 2.27. The summed E-state index contributed by atoms with van der Waals surface area (Å²) in [6.07, 6.45) is 6.80. The highest BCUT2D eigenvalue weighted by Gasteiger charge is 2.24. The normalized spacial score (nSPS) is 15.7. The lowest BCUT2D eigenvalue weighted by molar-refractivity contribution is 0.631. The zero-order valence-corrected chi connectivity index (χ0v) is 11.1. The first-order valence-electron chi connectivity index (χ1n) is 6.21. The average Bonchev–Trinajstić information content (AvgIpc) is 2.81. The number of imidazole rings is 1. The van der Waals surface area contributed by atoms with E-state index in [0.717, 1.165) is 23.3 Å². The fourth-order valence-corrected chi connectivity index (χ4v) is 2.58. The molecule has 2 aromatic heterocycles. The van der Waals surface area contributed by atoms with Crippen LogP contribution in [-0.4, -0.2) is 14.5 Å². The number of thiazole rings is 1. The van der Waals surface area contributed by atoms with Crippen molar-refractivity contribution in [1.29, 1.82) is 0 Å². The maximum absolute atomic E-state index is 4.74. The van der Waals surface area contributed by atoms with Gasteiger partial charge in [-0.05, 0) is 24.7 Å². The van der Waals surface area contributed by atoms with Gasteiger partial charge in [-0.15, -0.1) is 11.3 Å². The van der Waals surface area contributed by atoms with Crippen molar-refractivity contribution in [3.63, 3.8) is 0 Å². The average molecular weight is 247 g/mol. The second kappa shape index (κ2) is 4.26. The molecule has 0 N–H and O–H groups in total. The molecule has 0 bridgehead atoms. The van der Waals surface area contributed by atoms with Gasteiger partial charge in [0.2, 0.25) is 0 Å². The van der Waals surface area contributed by atoms with E-state index in [9.17, 15) is 0 Å². The molecule has 17 heavy (non-hydrogen) atoms. The van der Waals surface area contributed by atoms with Gasteiger partial charge in [-0.25, -0.2) is 9.97 Å². The van der Waals surface area contributed by atoms with E-state index in [4.69, 9.17) is 4.98 Å². The van der Waals surface area contributed by atoms with Gasteiger partial charge < -0.3 is 4.57 Å². The standard InChI is InChI=1S/C13H17N3S/c1-9(2)11-8-16(7-10-3-4-10)12(15-11)13-14-5-6-17-13/h5-6,8-10H,3-4,7H2,1-2H3. The first-order valence-corrected chi connectivity index (χ1v) is 7.09. The number of hydrogen-bond donors (Lipinski definition) is 0.